The van der Waals surface area contributed by atoms with Crippen LogP contribution in [-0.4, -0.2) is 29.9 Å². The lowest BCUT2D eigenvalue weighted by Gasteiger charge is -2.09. The van der Waals surface area contributed by atoms with Crippen LogP contribution in [0.1, 0.15) is 20.8 Å². The van der Waals surface area contributed by atoms with Crippen LogP contribution in [0, 0.1) is 0 Å². The molecule has 0 saturated carbocycles. The first-order valence-electron chi connectivity index (χ1n) is 8.70. The summed E-state index contributed by atoms with van der Waals surface area (Å²) in [6, 6.07) is 15.3. The van der Waals surface area contributed by atoms with Crippen molar-refractivity contribution in [2.75, 3.05) is 13.7 Å². The van der Waals surface area contributed by atoms with Gasteiger partial charge in [0.1, 0.15) is 18.1 Å². The summed E-state index contributed by atoms with van der Waals surface area (Å²) in [4.78, 5) is 10.6. The minimum Gasteiger partial charge on any atom is -0.502 e. The number of methoxy groups -OCH3 is 1. The number of carboxylic acid groups (broad SMARTS) is 1. The molecule has 2 aromatic rings. The summed E-state index contributed by atoms with van der Waals surface area (Å²) in [5.74, 6) is -0.630. The number of aliphatic hydroxyl groups is 1. The fraction of sp³-hybridized carbons (Fsp3) is 0.227. The molecule has 0 radical (unpaired) electrons. The van der Waals surface area contributed by atoms with E-state index in [0.717, 1.165) is 16.9 Å². The summed E-state index contributed by atoms with van der Waals surface area (Å²) in [5, 5.41) is 18.0. The second kappa shape index (κ2) is 11.4. The highest BCUT2D eigenvalue weighted by molar-refractivity contribution is 5.84. The standard InChI is InChI=1S/C20H20O5.C2H6/c1-3-14(12-19(21)20(22)23)13-25-18-10-6-16(7-11-18)15-4-8-17(24-2)9-5-15;1-2/h3-12,21H,13H2,1-2H3,(H,22,23);1-2H3/b14-3-,19-12-;. The van der Waals surface area contributed by atoms with Crippen molar-refractivity contribution < 1.29 is 24.5 Å². The van der Waals surface area contributed by atoms with E-state index in [2.05, 4.69) is 0 Å². The summed E-state index contributed by atoms with van der Waals surface area (Å²) in [5.41, 5.74) is 2.68. The van der Waals surface area contributed by atoms with E-state index in [-0.39, 0.29) is 6.61 Å². The molecule has 0 unspecified atom stereocenters. The van der Waals surface area contributed by atoms with Crippen LogP contribution in [0.15, 0.2) is 72.0 Å². The van der Waals surface area contributed by atoms with Gasteiger partial charge in [-0.1, -0.05) is 44.2 Å². The second-order valence-electron chi connectivity index (χ2n) is 5.24. The predicted molar refractivity (Wildman–Crippen MR) is 107 cm³/mol. The van der Waals surface area contributed by atoms with E-state index in [1.54, 1.807) is 20.1 Å². The Kier molecular flexibility index (Phi) is 9.23. The van der Waals surface area contributed by atoms with Crippen molar-refractivity contribution in [3.63, 3.8) is 0 Å². The highest BCUT2D eigenvalue weighted by Gasteiger charge is 2.06. The van der Waals surface area contributed by atoms with Crippen LogP contribution < -0.4 is 9.47 Å². The molecule has 27 heavy (non-hydrogen) atoms. The van der Waals surface area contributed by atoms with Crippen molar-refractivity contribution in [2.45, 2.75) is 20.8 Å². The Bertz CT molecular complexity index is 771. The fourth-order valence-electron chi connectivity index (χ4n) is 2.14. The smallest absolute Gasteiger partial charge is 0.370 e. The molecule has 0 aliphatic rings. The summed E-state index contributed by atoms with van der Waals surface area (Å²) in [6.45, 7) is 5.91. The lowest BCUT2D eigenvalue weighted by atomic mass is 10.1. The molecule has 0 fully saturated rings. The Morgan fingerprint density at radius 3 is 1.81 bits per heavy atom. The molecule has 0 aliphatic heterocycles. The monoisotopic (exact) mass is 370 g/mol. The van der Waals surface area contributed by atoms with Crippen LogP contribution in [0.25, 0.3) is 11.1 Å². The highest BCUT2D eigenvalue weighted by Crippen LogP contribution is 2.24. The van der Waals surface area contributed by atoms with Crippen molar-refractivity contribution in [2.24, 2.45) is 0 Å². The molecule has 5 heteroatoms. The van der Waals surface area contributed by atoms with Crippen LogP contribution in [-0.2, 0) is 4.79 Å². The Balaban J connectivity index is 0.00000176. The molecule has 0 amide bonds. The fourth-order valence-corrected chi connectivity index (χ4v) is 2.14. The van der Waals surface area contributed by atoms with Gasteiger partial charge in [-0.25, -0.2) is 4.79 Å². The van der Waals surface area contributed by atoms with Gasteiger partial charge in [-0.2, -0.15) is 0 Å². The van der Waals surface area contributed by atoms with E-state index in [0.29, 0.717) is 11.3 Å². The molecule has 2 aromatic carbocycles. The molecule has 0 bridgehead atoms. The Morgan fingerprint density at radius 1 is 0.926 bits per heavy atom. The van der Waals surface area contributed by atoms with Crippen LogP contribution in [0.5, 0.6) is 11.5 Å². The zero-order valence-electron chi connectivity index (χ0n) is 16.1. The number of hydrogen-bond donors (Lipinski definition) is 2. The maximum absolute atomic E-state index is 10.6. The summed E-state index contributed by atoms with van der Waals surface area (Å²) in [6.07, 6.45) is 2.86. The van der Waals surface area contributed by atoms with Gasteiger partial charge in [-0.05, 0) is 54.0 Å². The quantitative estimate of drug-likeness (QED) is 0.396. The van der Waals surface area contributed by atoms with Gasteiger partial charge in [0.25, 0.3) is 0 Å². The minimum absolute atomic E-state index is 0.162. The Hall–Kier alpha value is -3.21. The molecule has 0 saturated heterocycles. The maximum Gasteiger partial charge on any atom is 0.370 e. The van der Waals surface area contributed by atoms with Crippen LogP contribution in [0.3, 0.4) is 0 Å². The van der Waals surface area contributed by atoms with Crippen molar-refractivity contribution >= 4 is 5.97 Å². The van der Waals surface area contributed by atoms with Gasteiger partial charge in [-0.15, -0.1) is 0 Å². The normalized spacial score (nSPS) is 11.3. The van der Waals surface area contributed by atoms with E-state index in [1.807, 2.05) is 62.4 Å². The largest absolute Gasteiger partial charge is 0.502 e. The number of rotatable bonds is 7. The van der Waals surface area contributed by atoms with Gasteiger partial charge in [0.05, 0.1) is 7.11 Å². The van der Waals surface area contributed by atoms with E-state index in [1.165, 1.54) is 6.08 Å². The average molecular weight is 370 g/mol. The van der Waals surface area contributed by atoms with Crippen molar-refractivity contribution in [3.05, 3.63) is 72.0 Å². The molecule has 0 aliphatic carbocycles. The SMILES string of the molecule is C/C=C(/C=C(\O)C(=O)O)COc1ccc(-c2ccc(OC)cc2)cc1.CC. The van der Waals surface area contributed by atoms with Gasteiger partial charge in [-0.3, -0.25) is 0 Å². The number of aliphatic hydroxyl groups excluding tert-OH is 1. The van der Waals surface area contributed by atoms with Crippen LogP contribution >= 0.6 is 0 Å². The minimum atomic E-state index is -1.37. The molecule has 2 N–H and O–H groups in total. The van der Waals surface area contributed by atoms with Gasteiger partial charge < -0.3 is 19.7 Å². The zero-order chi connectivity index (χ0) is 20.2. The van der Waals surface area contributed by atoms with Crippen LogP contribution in [0.4, 0.5) is 0 Å². The first kappa shape index (κ1) is 21.8. The van der Waals surface area contributed by atoms with E-state index in [9.17, 15) is 9.90 Å². The first-order chi connectivity index (χ1) is 13.0. The third-order valence-electron chi connectivity index (χ3n) is 3.60. The molecule has 144 valence electrons. The van der Waals surface area contributed by atoms with E-state index < -0.39 is 11.7 Å². The Labute approximate surface area is 160 Å². The average Bonchev–Trinajstić information content (AvgIpc) is 2.72. The molecule has 0 aromatic heterocycles. The summed E-state index contributed by atoms with van der Waals surface area (Å²) >= 11 is 0. The Morgan fingerprint density at radius 2 is 1.41 bits per heavy atom. The predicted octanol–water partition coefficient (Wildman–Crippen LogP) is 5.24. The second-order valence-corrected chi connectivity index (χ2v) is 5.24. The number of carboxylic acids is 1. The summed E-state index contributed by atoms with van der Waals surface area (Å²) in [7, 11) is 1.63. The number of allylic oxidation sites excluding steroid dienone is 1. The number of hydrogen-bond acceptors (Lipinski definition) is 4. The van der Waals surface area contributed by atoms with E-state index >= 15 is 0 Å². The number of benzene rings is 2. The van der Waals surface area contributed by atoms with Gasteiger partial charge in [0.15, 0.2) is 0 Å². The molecule has 5 nitrogen and oxygen atoms in total. The van der Waals surface area contributed by atoms with Gasteiger partial charge in [0.2, 0.25) is 5.76 Å². The topological polar surface area (TPSA) is 76.0 Å². The number of carbonyl (C=O) groups is 1. The molecule has 0 heterocycles. The van der Waals surface area contributed by atoms with E-state index in [4.69, 9.17) is 14.6 Å². The van der Waals surface area contributed by atoms with Crippen molar-refractivity contribution in [1.29, 1.82) is 0 Å². The first-order valence-corrected chi connectivity index (χ1v) is 8.70. The van der Waals surface area contributed by atoms with Gasteiger partial charge >= 0.3 is 5.97 Å². The number of ether oxygens (including phenoxy) is 2. The molecular formula is C22H26O5. The molecule has 0 atom stereocenters. The maximum atomic E-state index is 10.6. The van der Waals surface area contributed by atoms with Crippen molar-refractivity contribution in [3.8, 4) is 22.6 Å². The van der Waals surface area contributed by atoms with Crippen LogP contribution in [0.2, 0.25) is 0 Å². The molecule has 2 rings (SSSR count). The summed E-state index contributed by atoms with van der Waals surface area (Å²) < 4.78 is 10.8. The third kappa shape index (κ3) is 6.90. The third-order valence-corrected chi connectivity index (χ3v) is 3.60. The van der Waals surface area contributed by atoms with Crippen molar-refractivity contribution in [1.82, 2.24) is 0 Å². The molecule has 0 spiro atoms. The highest BCUT2D eigenvalue weighted by atomic mass is 16.5. The molecular weight excluding hydrogens is 344 g/mol. The number of aliphatic carboxylic acids is 1. The zero-order valence-corrected chi connectivity index (χ0v) is 16.1. The lowest BCUT2D eigenvalue weighted by molar-refractivity contribution is -0.135. The lowest BCUT2D eigenvalue weighted by Crippen LogP contribution is -2.04. The van der Waals surface area contributed by atoms with Gasteiger partial charge in [0, 0.05) is 0 Å².